The molecule has 142 valence electrons. The van der Waals surface area contributed by atoms with Crippen LogP contribution in [-0.2, 0) is 11.3 Å². The number of para-hydroxylation sites is 1. The van der Waals surface area contributed by atoms with Gasteiger partial charge in [-0.25, -0.2) is 0 Å². The Bertz CT molecular complexity index is 1080. The van der Waals surface area contributed by atoms with Gasteiger partial charge in [0.1, 0.15) is 6.54 Å². The summed E-state index contributed by atoms with van der Waals surface area (Å²) in [6.07, 6.45) is 0. The summed E-state index contributed by atoms with van der Waals surface area (Å²) in [6.45, 7) is 1.14. The van der Waals surface area contributed by atoms with Crippen molar-refractivity contribution in [3.63, 3.8) is 0 Å². The normalized spacial score (nSPS) is 10.5. The second-order valence-electron chi connectivity index (χ2n) is 5.94. The van der Waals surface area contributed by atoms with Crippen molar-refractivity contribution in [1.82, 2.24) is 4.57 Å². The number of pyridine rings is 1. The first kappa shape index (κ1) is 19.4. The second kappa shape index (κ2) is 8.53. The van der Waals surface area contributed by atoms with Gasteiger partial charge in [0.15, 0.2) is 0 Å². The molecule has 0 aliphatic rings. The van der Waals surface area contributed by atoms with Gasteiger partial charge in [0, 0.05) is 21.9 Å². The molecule has 1 amide bonds. The molecule has 0 atom stereocenters. The number of nitrogens with zero attached hydrogens (tertiary/aromatic N) is 2. The van der Waals surface area contributed by atoms with Gasteiger partial charge in [0.25, 0.3) is 11.2 Å². The number of anilines is 1. The number of carbonyl (C=O) groups excluding carboxylic acids is 1. The number of aromatic nitrogens is 1. The third-order valence-electron chi connectivity index (χ3n) is 4.06. The van der Waals surface area contributed by atoms with Crippen molar-refractivity contribution < 1.29 is 9.72 Å². The fourth-order valence-electron chi connectivity index (χ4n) is 2.66. The minimum Gasteiger partial charge on any atom is -0.324 e. The van der Waals surface area contributed by atoms with E-state index < -0.39 is 16.4 Å². The van der Waals surface area contributed by atoms with E-state index in [0.717, 1.165) is 26.5 Å². The minimum absolute atomic E-state index is 0.139. The maximum absolute atomic E-state index is 12.5. The largest absolute Gasteiger partial charge is 0.324 e. The number of nitrogens with one attached hydrogen (secondary N) is 1. The number of amides is 1. The Morgan fingerprint density at radius 2 is 1.75 bits per heavy atom. The van der Waals surface area contributed by atoms with Crippen LogP contribution < -0.4 is 10.9 Å². The lowest BCUT2D eigenvalue weighted by Crippen LogP contribution is -2.29. The average Bonchev–Trinajstić information content (AvgIpc) is 2.67. The summed E-state index contributed by atoms with van der Waals surface area (Å²) >= 11 is 1.50. The van der Waals surface area contributed by atoms with Gasteiger partial charge in [-0.1, -0.05) is 42.1 Å². The lowest BCUT2D eigenvalue weighted by atomic mass is 10.3. The highest BCUT2D eigenvalue weighted by atomic mass is 32.2. The van der Waals surface area contributed by atoms with E-state index in [0.29, 0.717) is 5.69 Å². The van der Waals surface area contributed by atoms with Crippen LogP contribution in [-0.4, -0.2) is 15.4 Å². The Balaban J connectivity index is 1.81. The van der Waals surface area contributed by atoms with Crippen molar-refractivity contribution >= 4 is 29.0 Å². The monoisotopic (exact) mass is 395 g/mol. The fourth-order valence-corrected chi connectivity index (χ4v) is 3.58. The summed E-state index contributed by atoms with van der Waals surface area (Å²) < 4.78 is 1.10. The molecule has 0 spiro atoms. The zero-order valence-corrected chi connectivity index (χ0v) is 15.8. The highest BCUT2D eigenvalue weighted by Gasteiger charge is 2.17. The Morgan fingerprint density at radius 1 is 1.07 bits per heavy atom. The molecular weight excluding hydrogens is 378 g/mol. The Hall–Kier alpha value is -3.39. The summed E-state index contributed by atoms with van der Waals surface area (Å²) in [4.78, 5) is 37.0. The van der Waals surface area contributed by atoms with Crippen molar-refractivity contribution in [3.05, 3.63) is 92.9 Å². The van der Waals surface area contributed by atoms with Crippen molar-refractivity contribution in [3.8, 4) is 0 Å². The standard InChI is InChI=1S/C20H17N3O4S/c1-14-17(23(26)27)11-12-20(25)22(14)13-19(24)21-16-9-5-6-10-18(16)28-15-7-3-2-4-8-15/h2-12H,13H2,1H3,(H,21,24). The highest BCUT2D eigenvalue weighted by molar-refractivity contribution is 7.99. The number of nitro groups is 1. The maximum Gasteiger partial charge on any atom is 0.288 e. The molecule has 0 aliphatic carbocycles. The summed E-state index contributed by atoms with van der Waals surface area (Å²) in [5.74, 6) is -0.438. The van der Waals surface area contributed by atoms with Crippen LogP contribution in [0.25, 0.3) is 0 Å². The number of hydrogen-bond donors (Lipinski definition) is 1. The quantitative estimate of drug-likeness (QED) is 0.505. The number of carbonyl (C=O) groups is 1. The van der Waals surface area contributed by atoms with Crippen LogP contribution in [0.5, 0.6) is 0 Å². The van der Waals surface area contributed by atoms with E-state index in [-0.39, 0.29) is 17.9 Å². The third kappa shape index (κ3) is 4.47. The average molecular weight is 395 g/mol. The van der Waals surface area contributed by atoms with Gasteiger partial charge in [0.2, 0.25) is 5.91 Å². The van der Waals surface area contributed by atoms with E-state index >= 15 is 0 Å². The van der Waals surface area contributed by atoms with Crippen molar-refractivity contribution in [2.45, 2.75) is 23.3 Å². The predicted molar refractivity (Wildman–Crippen MR) is 108 cm³/mol. The highest BCUT2D eigenvalue weighted by Crippen LogP contribution is 2.33. The van der Waals surface area contributed by atoms with Crippen LogP contribution in [0.3, 0.4) is 0 Å². The SMILES string of the molecule is Cc1c([N+](=O)[O-])ccc(=O)n1CC(=O)Nc1ccccc1Sc1ccccc1. The van der Waals surface area contributed by atoms with Gasteiger partial charge in [0.05, 0.1) is 16.3 Å². The molecule has 3 aromatic rings. The van der Waals surface area contributed by atoms with Gasteiger partial charge < -0.3 is 5.32 Å². The lowest BCUT2D eigenvalue weighted by molar-refractivity contribution is -0.386. The summed E-state index contributed by atoms with van der Waals surface area (Å²) in [5, 5.41) is 13.9. The lowest BCUT2D eigenvalue weighted by Gasteiger charge is -2.13. The predicted octanol–water partition coefficient (Wildman–Crippen LogP) is 3.85. The number of benzene rings is 2. The number of hydrogen-bond acceptors (Lipinski definition) is 5. The van der Waals surface area contributed by atoms with Crippen LogP contribution in [0.15, 0.2) is 81.3 Å². The molecule has 1 heterocycles. The van der Waals surface area contributed by atoms with Crippen LogP contribution in [0.4, 0.5) is 11.4 Å². The summed E-state index contributed by atoms with van der Waals surface area (Å²) in [7, 11) is 0. The minimum atomic E-state index is -0.574. The molecule has 0 aliphatic heterocycles. The zero-order chi connectivity index (χ0) is 20.1. The van der Waals surface area contributed by atoms with Crippen LogP contribution in [0, 0.1) is 17.0 Å². The zero-order valence-electron chi connectivity index (χ0n) is 15.0. The Kier molecular flexibility index (Phi) is 5.90. The van der Waals surface area contributed by atoms with Crippen LogP contribution in [0.2, 0.25) is 0 Å². The molecular formula is C20H17N3O4S. The second-order valence-corrected chi connectivity index (χ2v) is 7.06. The molecule has 0 radical (unpaired) electrons. The third-order valence-corrected chi connectivity index (χ3v) is 5.14. The van der Waals surface area contributed by atoms with E-state index in [4.69, 9.17) is 0 Å². The van der Waals surface area contributed by atoms with Crippen molar-refractivity contribution in [2.24, 2.45) is 0 Å². The van der Waals surface area contributed by atoms with Gasteiger partial charge >= 0.3 is 0 Å². The van der Waals surface area contributed by atoms with E-state index in [2.05, 4.69) is 5.32 Å². The first-order valence-electron chi connectivity index (χ1n) is 8.42. The Labute approximate surface area is 165 Å². The van der Waals surface area contributed by atoms with E-state index in [1.807, 2.05) is 42.5 Å². The molecule has 2 aromatic carbocycles. The van der Waals surface area contributed by atoms with E-state index in [1.54, 1.807) is 12.1 Å². The maximum atomic E-state index is 12.5. The summed E-state index contributed by atoms with van der Waals surface area (Å²) in [5.41, 5.74) is 0.0784. The van der Waals surface area contributed by atoms with Crippen LogP contribution in [0.1, 0.15) is 5.69 Å². The first-order valence-corrected chi connectivity index (χ1v) is 9.24. The number of rotatable bonds is 6. The molecule has 3 rings (SSSR count). The molecule has 8 heteroatoms. The molecule has 0 saturated carbocycles. The molecule has 1 aromatic heterocycles. The van der Waals surface area contributed by atoms with Gasteiger partial charge in [-0.05, 0) is 31.2 Å². The van der Waals surface area contributed by atoms with Gasteiger partial charge in [-0.15, -0.1) is 0 Å². The molecule has 0 unspecified atom stereocenters. The molecule has 1 N–H and O–H groups in total. The fraction of sp³-hybridized carbons (Fsp3) is 0.100. The first-order chi connectivity index (χ1) is 13.5. The van der Waals surface area contributed by atoms with Crippen molar-refractivity contribution in [1.29, 1.82) is 0 Å². The summed E-state index contributed by atoms with van der Waals surface area (Å²) in [6, 6.07) is 19.3. The topological polar surface area (TPSA) is 94.2 Å². The van der Waals surface area contributed by atoms with Gasteiger partial charge in [-0.3, -0.25) is 24.3 Å². The van der Waals surface area contributed by atoms with E-state index in [9.17, 15) is 19.7 Å². The molecule has 0 bridgehead atoms. The van der Waals surface area contributed by atoms with Crippen LogP contribution >= 0.6 is 11.8 Å². The molecule has 0 fully saturated rings. The van der Waals surface area contributed by atoms with Gasteiger partial charge in [-0.2, -0.15) is 0 Å². The molecule has 0 saturated heterocycles. The van der Waals surface area contributed by atoms with E-state index in [1.165, 1.54) is 18.7 Å². The Morgan fingerprint density at radius 3 is 2.46 bits per heavy atom. The molecule has 28 heavy (non-hydrogen) atoms. The smallest absolute Gasteiger partial charge is 0.288 e. The van der Waals surface area contributed by atoms with Crippen molar-refractivity contribution in [2.75, 3.05) is 5.32 Å². The molecule has 7 nitrogen and oxygen atoms in total.